The molecule has 0 bridgehead atoms. The SMILES string of the molecule is Cc1ccc(C2=C(Br)C(=O)CC2)cc1. The highest BCUT2D eigenvalue weighted by atomic mass is 79.9. The Bertz CT molecular complexity index is 401. The van der Waals surface area contributed by atoms with Gasteiger partial charge in [-0.2, -0.15) is 0 Å². The normalized spacial score (nSPS) is 16.6. The standard InChI is InChI=1S/C12H11BrO/c1-8-2-4-9(5-3-8)10-6-7-11(14)12(10)13/h2-5H,6-7H2,1H3. The van der Waals surface area contributed by atoms with E-state index in [0.29, 0.717) is 6.42 Å². The third-order valence-electron chi connectivity index (χ3n) is 2.51. The van der Waals surface area contributed by atoms with Gasteiger partial charge in [-0.1, -0.05) is 29.8 Å². The van der Waals surface area contributed by atoms with Gasteiger partial charge < -0.3 is 0 Å². The van der Waals surface area contributed by atoms with Crippen LogP contribution in [-0.4, -0.2) is 5.78 Å². The number of carbonyl (C=O) groups is 1. The van der Waals surface area contributed by atoms with Crippen LogP contribution in [0.5, 0.6) is 0 Å². The number of allylic oxidation sites excluding steroid dienone is 2. The van der Waals surface area contributed by atoms with Gasteiger partial charge >= 0.3 is 0 Å². The van der Waals surface area contributed by atoms with Crippen molar-refractivity contribution in [2.75, 3.05) is 0 Å². The third-order valence-corrected chi connectivity index (χ3v) is 3.43. The molecule has 1 aliphatic rings. The summed E-state index contributed by atoms with van der Waals surface area (Å²) in [5.74, 6) is 0.223. The highest BCUT2D eigenvalue weighted by Gasteiger charge is 2.21. The third kappa shape index (κ3) is 1.67. The average molecular weight is 251 g/mol. The minimum absolute atomic E-state index is 0.223. The maximum Gasteiger partial charge on any atom is 0.170 e. The number of rotatable bonds is 1. The first-order valence-electron chi connectivity index (χ1n) is 4.67. The Morgan fingerprint density at radius 3 is 2.29 bits per heavy atom. The largest absolute Gasteiger partial charge is 0.294 e. The summed E-state index contributed by atoms with van der Waals surface area (Å²) < 4.78 is 0.765. The monoisotopic (exact) mass is 250 g/mol. The molecule has 0 saturated heterocycles. The Morgan fingerprint density at radius 2 is 1.79 bits per heavy atom. The van der Waals surface area contributed by atoms with Crippen molar-refractivity contribution in [2.24, 2.45) is 0 Å². The number of aryl methyl sites for hydroxylation is 1. The minimum Gasteiger partial charge on any atom is -0.294 e. The zero-order valence-corrected chi connectivity index (χ0v) is 9.60. The van der Waals surface area contributed by atoms with Gasteiger partial charge in [0.15, 0.2) is 5.78 Å². The predicted octanol–water partition coefficient (Wildman–Crippen LogP) is 3.46. The summed E-state index contributed by atoms with van der Waals surface area (Å²) in [5.41, 5.74) is 3.55. The van der Waals surface area contributed by atoms with Crippen LogP contribution in [0.2, 0.25) is 0 Å². The molecular weight excluding hydrogens is 240 g/mol. The molecule has 1 aliphatic carbocycles. The van der Waals surface area contributed by atoms with Gasteiger partial charge in [0, 0.05) is 6.42 Å². The van der Waals surface area contributed by atoms with Crippen molar-refractivity contribution in [3.05, 3.63) is 39.9 Å². The highest BCUT2D eigenvalue weighted by Crippen LogP contribution is 2.34. The molecule has 0 radical (unpaired) electrons. The van der Waals surface area contributed by atoms with Crippen LogP contribution in [0.25, 0.3) is 5.57 Å². The van der Waals surface area contributed by atoms with Gasteiger partial charge in [0.25, 0.3) is 0 Å². The van der Waals surface area contributed by atoms with E-state index < -0.39 is 0 Å². The van der Waals surface area contributed by atoms with Crippen molar-refractivity contribution in [2.45, 2.75) is 19.8 Å². The summed E-state index contributed by atoms with van der Waals surface area (Å²) >= 11 is 3.36. The van der Waals surface area contributed by atoms with Crippen molar-refractivity contribution >= 4 is 27.3 Å². The molecule has 14 heavy (non-hydrogen) atoms. The van der Waals surface area contributed by atoms with E-state index in [4.69, 9.17) is 0 Å². The van der Waals surface area contributed by atoms with Gasteiger partial charge in [-0.25, -0.2) is 0 Å². The van der Waals surface area contributed by atoms with Gasteiger partial charge in [-0.05, 0) is 40.4 Å². The fourth-order valence-electron chi connectivity index (χ4n) is 1.65. The molecule has 1 nitrogen and oxygen atoms in total. The van der Waals surface area contributed by atoms with E-state index in [0.717, 1.165) is 22.0 Å². The fourth-order valence-corrected chi connectivity index (χ4v) is 2.28. The van der Waals surface area contributed by atoms with E-state index in [1.807, 2.05) is 0 Å². The molecular formula is C12H11BrO. The molecule has 0 aromatic heterocycles. The van der Waals surface area contributed by atoms with Crippen molar-refractivity contribution in [1.29, 1.82) is 0 Å². The Balaban J connectivity index is 2.41. The van der Waals surface area contributed by atoms with Crippen LogP contribution in [0, 0.1) is 6.92 Å². The topological polar surface area (TPSA) is 17.1 Å². The molecule has 2 rings (SSSR count). The number of hydrogen-bond acceptors (Lipinski definition) is 1. The van der Waals surface area contributed by atoms with Crippen molar-refractivity contribution in [3.63, 3.8) is 0 Å². The average Bonchev–Trinajstić information content (AvgIpc) is 2.50. The van der Waals surface area contributed by atoms with Crippen LogP contribution in [0.4, 0.5) is 0 Å². The van der Waals surface area contributed by atoms with Gasteiger partial charge in [0.05, 0.1) is 4.48 Å². The summed E-state index contributed by atoms with van der Waals surface area (Å²) in [4.78, 5) is 11.3. The second-order valence-corrected chi connectivity index (χ2v) is 4.37. The van der Waals surface area contributed by atoms with E-state index in [1.165, 1.54) is 5.56 Å². The first kappa shape index (κ1) is 9.66. The predicted molar refractivity (Wildman–Crippen MR) is 61.3 cm³/mol. The van der Waals surface area contributed by atoms with Crippen molar-refractivity contribution in [1.82, 2.24) is 0 Å². The second kappa shape index (κ2) is 3.70. The van der Waals surface area contributed by atoms with Gasteiger partial charge in [0.2, 0.25) is 0 Å². The molecule has 0 amide bonds. The lowest BCUT2D eigenvalue weighted by Gasteiger charge is -2.02. The summed E-state index contributed by atoms with van der Waals surface area (Å²) in [6.45, 7) is 2.06. The molecule has 0 unspecified atom stereocenters. The molecule has 0 N–H and O–H groups in total. The molecule has 1 aromatic carbocycles. The van der Waals surface area contributed by atoms with E-state index >= 15 is 0 Å². The van der Waals surface area contributed by atoms with Gasteiger partial charge in [-0.3, -0.25) is 4.79 Å². The number of Topliss-reactive ketones (excluding diaryl/α,β-unsaturated/α-hetero) is 1. The van der Waals surface area contributed by atoms with E-state index in [-0.39, 0.29) is 5.78 Å². The van der Waals surface area contributed by atoms with E-state index in [1.54, 1.807) is 0 Å². The Kier molecular flexibility index (Phi) is 2.55. The lowest BCUT2D eigenvalue weighted by atomic mass is 10.0. The maximum atomic E-state index is 11.3. The molecule has 0 fully saturated rings. The van der Waals surface area contributed by atoms with E-state index in [2.05, 4.69) is 47.1 Å². The molecule has 0 aliphatic heterocycles. The van der Waals surface area contributed by atoms with Crippen molar-refractivity contribution < 1.29 is 4.79 Å². The zero-order valence-electron chi connectivity index (χ0n) is 8.01. The molecule has 2 heteroatoms. The van der Waals surface area contributed by atoms with Crippen LogP contribution in [0.15, 0.2) is 28.7 Å². The Hall–Kier alpha value is -0.890. The van der Waals surface area contributed by atoms with Crippen LogP contribution in [-0.2, 0) is 4.79 Å². The quantitative estimate of drug-likeness (QED) is 0.746. The molecule has 0 heterocycles. The Labute approximate surface area is 92.0 Å². The molecule has 1 aromatic rings. The molecule has 0 atom stereocenters. The van der Waals surface area contributed by atoms with Crippen LogP contribution in [0.1, 0.15) is 24.0 Å². The number of halogens is 1. The van der Waals surface area contributed by atoms with Crippen LogP contribution < -0.4 is 0 Å². The van der Waals surface area contributed by atoms with Crippen molar-refractivity contribution in [3.8, 4) is 0 Å². The number of benzene rings is 1. The molecule has 0 saturated carbocycles. The fraction of sp³-hybridized carbons (Fsp3) is 0.250. The Morgan fingerprint density at radius 1 is 1.14 bits per heavy atom. The minimum atomic E-state index is 0.223. The summed E-state index contributed by atoms with van der Waals surface area (Å²) in [5, 5.41) is 0. The van der Waals surface area contributed by atoms with Crippen LogP contribution >= 0.6 is 15.9 Å². The second-order valence-electron chi connectivity index (χ2n) is 3.58. The molecule has 0 spiro atoms. The number of hydrogen-bond donors (Lipinski definition) is 0. The maximum absolute atomic E-state index is 11.3. The van der Waals surface area contributed by atoms with Crippen LogP contribution in [0.3, 0.4) is 0 Å². The van der Waals surface area contributed by atoms with Gasteiger partial charge in [0.1, 0.15) is 0 Å². The van der Waals surface area contributed by atoms with Gasteiger partial charge in [-0.15, -0.1) is 0 Å². The first-order valence-corrected chi connectivity index (χ1v) is 5.46. The first-order chi connectivity index (χ1) is 6.68. The summed E-state index contributed by atoms with van der Waals surface area (Å²) in [7, 11) is 0. The molecule has 72 valence electrons. The number of carbonyl (C=O) groups excluding carboxylic acids is 1. The lowest BCUT2D eigenvalue weighted by molar-refractivity contribution is -0.114. The van der Waals surface area contributed by atoms with E-state index in [9.17, 15) is 4.79 Å². The lowest BCUT2D eigenvalue weighted by Crippen LogP contribution is -1.87. The summed E-state index contributed by atoms with van der Waals surface area (Å²) in [6.07, 6.45) is 1.51. The highest BCUT2D eigenvalue weighted by molar-refractivity contribution is 9.12. The smallest absolute Gasteiger partial charge is 0.170 e. The summed E-state index contributed by atoms with van der Waals surface area (Å²) in [6, 6.07) is 8.30. The zero-order chi connectivity index (χ0) is 10.1. The number of ketones is 1.